The van der Waals surface area contributed by atoms with Crippen LogP contribution in [0, 0.1) is 0 Å². The molecule has 0 heterocycles. The summed E-state index contributed by atoms with van der Waals surface area (Å²) >= 11 is 11.8. The molecule has 0 aliphatic heterocycles. The summed E-state index contributed by atoms with van der Waals surface area (Å²) in [5.41, 5.74) is 1.57. The number of phenolic OH excluding ortho intramolecular Hbond substituents is 1. The van der Waals surface area contributed by atoms with E-state index in [2.05, 4.69) is 5.32 Å². The lowest BCUT2D eigenvalue weighted by atomic mass is 10.2. The van der Waals surface area contributed by atoms with Crippen LogP contribution in [0.15, 0.2) is 36.4 Å². The van der Waals surface area contributed by atoms with Crippen LogP contribution in [0.5, 0.6) is 11.5 Å². The van der Waals surface area contributed by atoms with E-state index in [-0.39, 0.29) is 16.9 Å². The van der Waals surface area contributed by atoms with Gasteiger partial charge < -0.3 is 15.2 Å². The summed E-state index contributed by atoms with van der Waals surface area (Å²) in [4.78, 5) is 0. The minimum Gasteiger partial charge on any atom is -0.506 e. The number of halogens is 2. The van der Waals surface area contributed by atoms with Crippen molar-refractivity contribution in [3.63, 3.8) is 0 Å². The molecule has 0 amide bonds. The standard InChI is InChI=1S/C16H17Cl2NO2/c1-10(2)21-14-5-3-13(4-6-14)19-9-11-7-12(17)8-15(18)16(11)20/h3-8,10,19-20H,9H2,1-2H3. The fourth-order valence-electron chi connectivity index (χ4n) is 1.87. The molecule has 2 rings (SSSR count). The minimum absolute atomic E-state index is 0.0494. The van der Waals surface area contributed by atoms with E-state index in [1.54, 1.807) is 6.07 Å². The largest absolute Gasteiger partial charge is 0.506 e. The van der Waals surface area contributed by atoms with E-state index in [1.807, 2.05) is 38.1 Å². The second-order valence-corrected chi connectivity index (χ2v) is 5.78. The number of benzene rings is 2. The summed E-state index contributed by atoms with van der Waals surface area (Å²) in [5, 5.41) is 13.8. The first-order valence-corrected chi connectivity index (χ1v) is 7.39. The number of phenols is 1. The van der Waals surface area contributed by atoms with E-state index in [9.17, 15) is 5.11 Å². The first-order valence-electron chi connectivity index (χ1n) is 6.63. The third kappa shape index (κ3) is 4.45. The zero-order valence-corrected chi connectivity index (χ0v) is 13.4. The van der Waals surface area contributed by atoms with Crippen molar-refractivity contribution < 1.29 is 9.84 Å². The van der Waals surface area contributed by atoms with Gasteiger partial charge in [-0.05, 0) is 50.2 Å². The maximum absolute atomic E-state index is 9.89. The van der Waals surface area contributed by atoms with E-state index >= 15 is 0 Å². The molecule has 0 saturated carbocycles. The Bertz CT molecular complexity index is 612. The average Bonchev–Trinajstić information content (AvgIpc) is 2.42. The normalized spacial score (nSPS) is 10.7. The van der Waals surface area contributed by atoms with Crippen molar-refractivity contribution in [1.82, 2.24) is 0 Å². The molecule has 2 aromatic carbocycles. The molecule has 0 aromatic heterocycles. The Morgan fingerprint density at radius 2 is 1.81 bits per heavy atom. The van der Waals surface area contributed by atoms with Crippen LogP contribution in [-0.4, -0.2) is 11.2 Å². The molecule has 0 saturated heterocycles. The summed E-state index contributed by atoms with van der Waals surface area (Å²) in [6.07, 6.45) is 0.148. The molecule has 0 fully saturated rings. The molecule has 0 aliphatic rings. The quantitative estimate of drug-likeness (QED) is 0.803. The summed E-state index contributed by atoms with van der Waals surface area (Å²) in [7, 11) is 0. The van der Waals surface area contributed by atoms with Gasteiger partial charge in [-0.1, -0.05) is 23.2 Å². The number of rotatable bonds is 5. The number of nitrogens with one attached hydrogen (secondary N) is 1. The number of hydrogen-bond donors (Lipinski definition) is 2. The summed E-state index contributed by atoms with van der Waals surface area (Å²) in [6, 6.07) is 10.8. The highest BCUT2D eigenvalue weighted by Crippen LogP contribution is 2.31. The monoisotopic (exact) mass is 325 g/mol. The van der Waals surface area contributed by atoms with Gasteiger partial charge in [-0.15, -0.1) is 0 Å². The van der Waals surface area contributed by atoms with Crippen LogP contribution in [0.3, 0.4) is 0 Å². The molecule has 3 nitrogen and oxygen atoms in total. The predicted molar refractivity (Wildman–Crippen MR) is 87.7 cm³/mol. The number of ether oxygens (including phenoxy) is 1. The third-order valence-electron chi connectivity index (χ3n) is 2.82. The number of anilines is 1. The molecule has 112 valence electrons. The van der Waals surface area contributed by atoms with Crippen LogP contribution in [-0.2, 0) is 6.54 Å². The van der Waals surface area contributed by atoms with Crippen LogP contribution in [0.25, 0.3) is 0 Å². The van der Waals surface area contributed by atoms with E-state index in [4.69, 9.17) is 27.9 Å². The van der Waals surface area contributed by atoms with Crippen LogP contribution >= 0.6 is 23.2 Å². The average molecular weight is 326 g/mol. The summed E-state index contributed by atoms with van der Waals surface area (Å²) in [6.45, 7) is 4.39. The Morgan fingerprint density at radius 1 is 1.14 bits per heavy atom. The zero-order valence-electron chi connectivity index (χ0n) is 11.9. The molecule has 0 bridgehead atoms. The molecule has 0 aliphatic carbocycles. The maximum Gasteiger partial charge on any atom is 0.139 e. The Kier molecular flexibility index (Phi) is 5.21. The Labute approximate surface area is 134 Å². The van der Waals surface area contributed by atoms with E-state index in [0.717, 1.165) is 11.4 Å². The lowest BCUT2D eigenvalue weighted by Gasteiger charge is -2.12. The van der Waals surface area contributed by atoms with Gasteiger partial charge in [0.2, 0.25) is 0 Å². The fourth-order valence-corrected chi connectivity index (χ4v) is 2.41. The Hall–Kier alpha value is -1.58. The molecule has 2 aromatic rings. The molecule has 0 atom stereocenters. The van der Waals surface area contributed by atoms with Crippen LogP contribution in [0.1, 0.15) is 19.4 Å². The first-order chi connectivity index (χ1) is 9.95. The summed E-state index contributed by atoms with van der Waals surface area (Å²) in [5.74, 6) is 0.873. The van der Waals surface area contributed by atoms with Crippen molar-refractivity contribution >= 4 is 28.9 Å². The zero-order chi connectivity index (χ0) is 15.4. The fraction of sp³-hybridized carbons (Fsp3) is 0.250. The van der Waals surface area contributed by atoms with Crippen molar-refractivity contribution in [2.24, 2.45) is 0 Å². The second kappa shape index (κ2) is 6.92. The van der Waals surface area contributed by atoms with Gasteiger partial charge in [0, 0.05) is 22.8 Å². The molecule has 0 unspecified atom stereocenters. The lowest BCUT2D eigenvalue weighted by Crippen LogP contribution is -2.05. The third-order valence-corrected chi connectivity index (χ3v) is 3.32. The highest BCUT2D eigenvalue weighted by molar-refractivity contribution is 6.35. The molecule has 0 spiro atoms. The second-order valence-electron chi connectivity index (χ2n) is 4.94. The van der Waals surface area contributed by atoms with Gasteiger partial charge in [-0.2, -0.15) is 0 Å². The number of aromatic hydroxyl groups is 1. The number of hydrogen-bond acceptors (Lipinski definition) is 3. The Balaban J connectivity index is 2.03. The van der Waals surface area contributed by atoms with Crippen molar-refractivity contribution in [2.75, 3.05) is 5.32 Å². The predicted octanol–water partition coefficient (Wildman–Crippen LogP) is 5.10. The smallest absolute Gasteiger partial charge is 0.139 e. The van der Waals surface area contributed by atoms with Gasteiger partial charge in [0.25, 0.3) is 0 Å². The van der Waals surface area contributed by atoms with Crippen molar-refractivity contribution in [3.05, 3.63) is 52.0 Å². The van der Waals surface area contributed by atoms with Gasteiger partial charge >= 0.3 is 0 Å². The van der Waals surface area contributed by atoms with Gasteiger partial charge in [-0.3, -0.25) is 0 Å². The Morgan fingerprint density at radius 3 is 2.43 bits per heavy atom. The molecule has 0 radical (unpaired) electrons. The highest BCUT2D eigenvalue weighted by atomic mass is 35.5. The van der Waals surface area contributed by atoms with Crippen LogP contribution < -0.4 is 10.1 Å². The molecule has 5 heteroatoms. The van der Waals surface area contributed by atoms with Gasteiger partial charge in [0.1, 0.15) is 11.5 Å². The molecule has 21 heavy (non-hydrogen) atoms. The van der Waals surface area contributed by atoms with E-state index < -0.39 is 0 Å². The van der Waals surface area contributed by atoms with Crippen molar-refractivity contribution in [1.29, 1.82) is 0 Å². The van der Waals surface area contributed by atoms with Crippen molar-refractivity contribution in [2.45, 2.75) is 26.5 Å². The van der Waals surface area contributed by atoms with Crippen LogP contribution in [0.2, 0.25) is 10.0 Å². The van der Waals surface area contributed by atoms with Gasteiger partial charge in [0.15, 0.2) is 0 Å². The van der Waals surface area contributed by atoms with E-state index in [1.165, 1.54) is 6.07 Å². The highest BCUT2D eigenvalue weighted by Gasteiger charge is 2.08. The lowest BCUT2D eigenvalue weighted by molar-refractivity contribution is 0.242. The topological polar surface area (TPSA) is 41.5 Å². The first kappa shape index (κ1) is 15.8. The van der Waals surface area contributed by atoms with Gasteiger partial charge in [-0.25, -0.2) is 0 Å². The van der Waals surface area contributed by atoms with E-state index in [0.29, 0.717) is 17.1 Å². The SMILES string of the molecule is CC(C)Oc1ccc(NCc2cc(Cl)cc(Cl)c2O)cc1. The minimum atomic E-state index is 0.0494. The van der Waals surface area contributed by atoms with Crippen molar-refractivity contribution in [3.8, 4) is 11.5 Å². The van der Waals surface area contributed by atoms with Gasteiger partial charge in [0.05, 0.1) is 11.1 Å². The summed E-state index contributed by atoms with van der Waals surface area (Å²) < 4.78 is 5.58. The van der Waals surface area contributed by atoms with Crippen LogP contribution in [0.4, 0.5) is 5.69 Å². The molecular formula is C16H17Cl2NO2. The molecular weight excluding hydrogens is 309 g/mol. The maximum atomic E-state index is 9.89. The molecule has 2 N–H and O–H groups in total.